The molecule has 0 aliphatic rings. The molecule has 3 aromatic rings. The first-order valence-corrected chi connectivity index (χ1v) is 6.74. The summed E-state index contributed by atoms with van der Waals surface area (Å²) in [6.07, 6.45) is 1.64. The van der Waals surface area contributed by atoms with Crippen molar-refractivity contribution in [3.8, 4) is 0 Å². The van der Waals surface area contributed by atoms with E-state index in [1.165, 1.54) is 4.40 Å². The van der Waals surface area contributed by atoms with Crippen LogP contribution in [0.15, 0.2) is 42.6 Å². The molecule has 3 rings (SSSR count). The molecule has 2 aromatic heterocycles. The van der Waals surface area contributed by atoms with E-state index in [1.54, 1.807) is 42.6 Å². The first kappa shape index (κ1) is 13.7. The van der Waals surface area contributed by atoms with E-state index < -0.39 is 5.97 Å². The van der Waals surface area contributed by atoms with Crippen LogP contribution >= 0.6 is 23.2 Å². The first-order valence-electron chi connectivity index (χ1n) is 5.99. The minimum Gasteiger partial charge on any atom is -0.476 e. The lowest BCUT2D eigenvalue weighted by Gasteiger charge is -2.07. The van der Waals surface area contributed by atoms with Gasteiger partial charge < -0.3 is 10.4 Å². The number of anilines is 2. The highest BCUT2D eigenvalue weighted by atomic mass is 35.5. The molecule has 0 saturated heterocycles. The van der Waals surface area contributed by atoms with Crippen molar-refractivity contribution in [2.24, 2.45) is 0 Å². The van der Waals surface area contributed by atoms with Crippen molar-refractivity contribution >= 4 is 46.3 Å². The van der Waals surface area contributed by atoms with Crippen LogP contribution in [0.25, 0.3) is 5.65 Å². The van der Waals surface area contributed by atoms with Crippen LogP contribution in [0.4, 0.5) is 11.5 Å². The standard InChI is InChI=1S/C14H9Cl2N3O2/c15-8-4-5-10(9(16)7-8)17-13-12(14(20)21)19-6-2-1-3-11(19)18-13/h1-7,17H,(H,20,21). The molecule has 2 heterocycles. The molecule has 0 unspecified atom stereocenters. The van der Waals surface area contributed by atoms with Gasteiger partial charge in [-0.1, -0.05) is 29.3 Å². The summed E-state index contributed by atoms with van der Waals surface area (Å²) in [6.45, 7) is 0. The van der Waals surface area contributed by atoms with Crippen molar-refractivity contribution in [3.63, 3.8) is 0 Å². The molecule has 0 spiro atoms. The average molecular weight is 322 g/mol. The van der Waals surface area contributed by atoms with Gasteiger partial charge in [-0.25, -0.2) is 9.78 Å². The first-order chi connectivity index (χ1) is 10.1. The van der Waals surface area contributed by atoms with Crippen molar-refractivity contribution < 1.29 is 9.90 Å². The molecular formula is C14H9Cl2N3O2. The van der Waals surface area contributed by atoms with Gasteiger partial charge in [-0.15, -0.1) is 0 Å². The maximum absolute atomic E-state index is 11.5. The largest absolute Gasteiger partial charge is 0.476 e. The highest BCUT2D eigenvalue weighted by molar-refractivity contribution is 6.36. The molecule has 0 amide bonds. The number of carbonyl (C=O) groups is 1. The number of aromatic carboxylic acids is 1. The number of nitrogens with one attached hydrogen (secondary N) is 1. The maximum atomic E-state index is 11.5. The fourth-order valence-corrected chi connectivity index (χ4v) is 2.46. The highest BCUT2D eigenvalue weighted by Crippen LogP contribution is 2.29. The topological polar surface area (TPSA) is 66.6 Å². The number of benzene rings is 1. The van der Waals surface area contributed by atoms with Crippen molar-refractivity contribution in [3.05, 3.63) is 58.3 Å². The van der Waals surface area contributed by atoms with Gasteiger partial charge >= 0.3 is 5.97 Å². The lowest BCUT2D eigenvalue weighted by atomic mass is 10.3. The molecule has 0 atom stereocenters. The average Bonchev–Trinajstić information content (AvgIpc) is 2.80. The summed E-state index contributed by atoms with van der Waals surface area (Å²) in [5.74, 6) is -0.862. The number of carboxylic acids is 1. The molecular weight excluding hydrogens is 313 g/mol. The fraction of sp³-hybridized carbons (Fsp3) is 0. The Hall–Kier alpha value is -2.24. The third-order valence-corrected chi connectivity index (χ3v) is 3.46. The van der Waals surface area contributed by atoms with Crippen molar-refractivity contribution in [2.45, 2.75) is 0 Å². The highest BCUT2D eigenvalue weighted by Gasteiger charge is 2.19. The van der Waals surface area contributed by atoms with Crippen molar-refractivity contribution in [2.75, 3.05) is 5.32 Å². The van der Waals surface area contributed by atoms with Gasteiger partial charge in [0.05, 0.1) is 10.7 Å². The number of aromatic nitrogens is 2. The SMILES string of the molecule is O=C(O)c1c(Nc2ccc(Cl)cc2Cl)nc2ccccn12. The molecule has 5 nitrogen and oxygen atoms in total. The number of pyridine rings is 1. The molecule has 106 valence electrons. The van der Waals surface area contributed by atoms with Crippen LogP contribution in [0.3, 0.4) is 0 Å². The Kier molecular flexibility index (Phi) is 3.45. The number of fused-ring (bicyclic) bond motifs is 1. The van der Waals surface area contributed by atoms with Crippen LogP contribution in [0.5, 0.6) is 0 Å². The van der Waals surface area contributed by atoms with E-state index in [0.29, 0.717) is 21.4 Å². The molecule has 0 saturated carbocycles. The van der Waals surface area contributed by atoms with Gasteiger partial charge in [0, 0.05) is 11.2 Å². The van der Waals surface area contributed by atoms with Gasteiger partial charge in [0.25, 0.3) is 0 Å². The zero-order valence-corrected chi connectivity index (χ0v) is 12.1. The van der Waals surface area contributed by atoms with E-state index in [1.807, 2.05) is 0 Å². The Bertz CT molecular complexity index is 845. The summed E-state index contributed by atoms with van der Waals surface area (Å²) in [5, 5.41) is 13.2. The normalized spacial score (nSPS) is 10.8. The van der Waals surface area contributed by atoms with Crippen molar-refractivity contribution in [1.82, 2.24) is 9.38 Å². The molecule has 0 aliphatic carbocycles. The van der Waals surface area contributed by atoms with Crippen LogP contribution < -0.4 is 5.32 Å². The number of hydrogen-bond acceptors (Lipinski definition) is 3. The summed E-state index contributed by atoms with van der Waals surface area (Å²) in [6, 6.07) is 10.1. The number of carboxylic acid groups (broad SMARTS) is 1. The zero-order chi connectivity index (χ0) is 15.0. The lowest BCUT2D eigenvalue weighted by molar-refractivity contribution is 0.0690. The maximum Gasteiger partial charge on any atom is 0.356 e. The van der Waals surface area contributed by atoms with Crippen molar-refractivity contribution in [1.29, 1.82) is 0 Å². The smallest absolute Gasteiger partial charge is 0.356 e. The Balaban J connectivity index is 2.12. The molecule has 0 radical (unpaired) electrons. The van der Waals surface area contributed by atoms with E-state index in [4.69, 9.17) is 23.2 Å². The molecule has 0 bridgehead atoms. The summed E-state index contributed by atoms with van der Waals surface area (Å²) < 4.78 is 1.49. The molecule has 0 aliphatic heterocycles. The van der Waals surface area contributed by atoms with Gasteiger partial charge in [0.15, 0.2) is 11.5 Å². The number of nitrogens with zero attached hydrogens (tertiary/aromatic N) is 2. The second-order valence-electron chi connectivity index (χ2n) is 4.29. The minimum absolute atomic E-state index is 0.0385. The second kappa shape index (κ2) is 5.27. The summed E-state index contributed by atoms with van der Waals surface area (Å²) >= 11 is 11.9. The third-order valence-electron chi connectivity index (χ3n) is 2.92. The van der Waals surface area contributed by atoms with Crippen LogP contribution in [-0.2, 0) is 0 Å². The number of rotatable bonds is 3. The van der Waals surface area contributed by atoms with Crippen LogP contribution in [-0.4, -0.2) is 20.5 Å². The zero-order valence-electron chi connectivity index (χ0n) is 10.5. The van der Waals surface area contributed by atoms with E-state index >= 15 is 0 Å². The Morgan fingerprint density at radius 2 is 2.05 bits per heavy atom. The Morgan fingerprint density at radius 1 is 1.24 bits per heavy atom. The van der Waals surface area contributed by atoms with Gasteiger partial charge in [-0.2, -0.15) is 0 Å². The van der Waals surface area contributed by atoms with Gasteiger partial charge in [-0.3, -0.25) is 4.40 Å². The Labute approximate surface area is 129 Å². The van der Waals surface area contributed by atoms with E-state index in [9.17, 15) is 9.90 Å². The van der Waals surface area contributed by atoms with E-state index in [2.05, 4.69) is 10.3 Å². The van der Waals surface area contributed by atoms with Crippen LogP contribution in [0, 0.1) is 0 Å². The third kappa shape index (κ3) is 2.53. The summed E-state index contributed by atoms with van der Waals surface area (Å²) in [7, 11) is 0. The monoisotopic (exact) mass is 321 g/mol. The quantitative estimate of drug-likeness (QED) is 0.762. The molecule has 1 aromatic carbocycles. The molecule has 7 heteroatoms. The minimum atomic E-state index is -1.08. The number of halogens is 2. The summed E-state index contributed by atoms with van der Waals surface area (Å²) in [5.41, 5.74) is 1.10. The predicted octanol–water partition coefficient (Wildman–Crippen LogP) is 4.08. The van der Waals surface area contributed by atoms with Crippen LogP contribution in [0.1, 0.15) is 10.5 Å². The molecule has 0 fully saturated rings. The van der Waals surface area contributed by atoms with Crippen LogP contribution in [0.2, 0.25) is 10.0 Å². The van der Waals surface area contributed by atoms with Gasteiger partial charge in [0.1, 0.15) is 5.65 Å². The number of hydrogen-bond donors (Lipinski definition) is 2. The van der Waals surface area contributed by atoms with E-state index in [0.717, 1.165) is 0 Å². The Morgan fingerprint density at radius 3 is 2.76 bits per heavy atom. The van der Waals surface area contributed by atoms with E-state index in [-0.39, 0.29) is 11.5 Å². The predicted molar refractivity (Wildman–Crippen MR) is 81.9 cm³/mol. The van der Waals surface area contributed by atoms with Gasteiger partial charge in [-0.05, 0) is 30.3 Å². The second-order valence-corrected chi connectivity index (χ2v) is 5.14. The molecule has 21 heavy (non-hydrogen) atoms. The fourth-order valence-electron chi connectivity index (χ4n) is 2.01. The lowest BCUT2D eigenvalue weighted by Crippen LogP contribution is -2.05. The molecule has 2 N–H and O–H groups in total. The van der Waals surface area contributed by atoms with Gasteiger partial charge in [0.2, 0.25) is 0 Å². The summed E-state index contributed by atoms with van der Waals surface area (Å²) in [4.78, 5) is 15.7. The number of imidazole rings is 1.